The summed E-state index contributed by atoms with van der Waals surface area (Å²) in [4.78, 5) is 12.3. The number of nitrogens with two attached hydrogens (primary N) is 1. The Morgan fingerprint density at radius 1 is 1.47 bits per heavy atom. The summed E-state index contributed by atoms with van der Waals surface area (Å²) in [6.45, 7) is 1.89. The van der Waals surface area contributed by atoms with E-state index < -0.39 is 0 Å². The summed E-state index contributed by atoms with van der Waals surface area (Å²) in [5.41, 5.74) is 7.68. The standard InChI is InChI=1S/C10H15N3O2/c1-4-8-9(12(2)3)5-7(11)6-10(8)13(14)15/h5-6H,4,11H2,1-3H3. The summed E-state index contributed by atoms with van der Waals surface area (Å²) in [7, 11) is 3.69. The minimum absolute atomic E-state index is 0.0983. The number of nitrogen functional groups attached to an aromatic ring is 1. The maximum atomic E-state index is 10.8. The minimum Gasteiger partial charge on any atom is -0.398 e. The van der Waals surface area contributed by atoms with E-state index in [4.69, 9.17) is 5.73 Å². The first-order chi connectivity index (χ1) is 6.97. The second-order valence-corrected chi connectivity index (χ2v) is 3.54. The van der Waals surface area contributed by atoms with Gasteiger partial charge in [-0.2, -0.15) is 0 Å². The van der Waals surface area contributed by atoms with E-state index in [1.54, 1.807) is 6.07 Å². The van der Waals surface area contributed by atoms with Crippen LogP contribution < -0.4 is 10.6 Å². The van der Waals surface area contributed by atoms with Crippen LogP contribution in [0.1, 0.15) is 12.5 Å². The minimum atomic E-state index is -0.387. The van der Waals surface area contributed by atoms with Crippen LogP contribution in [0, 0.1) is 10.1 Å². The summed E-state index contributed by atoms with van der Waals surface area (Å²) >= 11 is 0. The van der Waals surface area contributed by atoms with E-state index in [9.17, 15) is 10.1 Å². The predicted molar refractivity (Wildman–Crippen MR) is 61.2 cm³/mol. The van der Waals surface area contributed by atoms with E-state index in [0.29, 0.717) is 12.1 Å². The molecule has 0 fully saturated rings. The van der Waals surface area contributed by atoms with Crippen molar-refractivity contribution in [1.82, 2.24) is 0 Å². The van der Waals surface area contributed by atoms with Crippen LogP contribution in [0.5, 0.6) is 0 Å². The van der Waals surface area contributed by atoms with Crippen molar-refractivity contribution < 1.29 is 4.92 Å². The number of hydrogen-bond donors (Lipinski definition) is 1. The van der Waals surface area contributed by atoms with Gasteiger partial charge in [0.25, 0.3) is 5.69 Å². The Bertz CT molecular complexity index is 388. The summed E-state index contributed by atoms with van der Waals surface area (Å²) in [6.07, 6.45) is 0.615. The Kier molecular flexibility index (Phi) is 3.14. The first-order valence-electron chi connectivity index (χ1n) is 4.71. The van der Waals surface area contributed by atoms with Crippen LogP contribution in [-0.2, 0) is 6.42 Å². The van der Waals surface area contributed by atoms with Gasteiger partial charge in [-0.1, -0.05) is 6.92 Å². The fraction of sp³-hybridized carbons (Fsp3) is 0.400. The molecule has 5 heteroatoms. The molecule has 0 saturated heterocycles. The zero-order valence-corrected chi connectivity index (χ0v) is 9.15. The number of hydrogen-bond acceptors (Lipinski definition) is 4. The van der Waals surface area contributed by atoms with E-state index in [2.05, 4.69) is 0 Å². The maximum Gasteiger partial charge on any atom is 0.276 e. The molecule has 0 amide bonds. The third-order valence-corrected chi connectivity index (χ3v) is 2.26. The quantitative estimate of drug-likeness (QED) is 0.468. The molecule has 0 saturated carbocycles. The average Bonchev–Trinajstić information content (AvgIpc) is 2.16. The topological polar surface area (TPSA) is 72.4 Å². The van der Waals surface area contributed by atoms with Gasteiger partial charge in [0.2, 0.25) is 0 Å². The Morgan fingerprint density at radius 2 is 2.07 bits per heavy atom. The van der Waals surface area contributed by atoms with Crippen LogP contribution in [0.4, 0.5) is 17.1 Å². The van der Waals surface area contributed by atoms with E-state index >= 15 is 0 Å². The summed E-state index contributed by atoms with van der Waals surface area (Å²) in [5.74, 6) is 0. The molecule has 1 rings (SSSR count). The van der Waals surface area contributed by atoms with Gasteiger partial charge in [0.1, 0.15) is 0 Å². The molecule has 0 radical (unpaired) electrons. The van der Waals surface area contributed by atoms with Crippen molar-refractivity contribution in [3.63, 3.8) is 0 Å². The number of anilines is 2. The van der Waals surface area contributed by atoms with E-state index in [1.807, 2.05) is 25.9 Å². The zero-order chi connectivity index (χ0) is 11.6. The highest BCUT2D eigenvalue weighted by atomic mass is 16.6. The number of nitrogens with zero attached hydrogens (tertiary/aromatic N) is 2. The summed E-state index contributed by atoms with van der Waals surface area (Å²) < 4.78 is 0. The Hall–Kier alpha value is -1.78. The van der Waals surface area contributed by atoms with E-state index in [1.165, 1.54) is 6.07 Å². The SMILES string of the molecule is CCc1c(N(C)C)cc(N)cc1[N+](=O)[O-]. The maximum absolute atomic E-state index is 10.8. The largest absolute Gasteiger partial charge is 0.398 e. The predicted octanol–water partition coefficient (Wildman–Crippen LogP) is 1.81. The molecule has 2 N–H and O–H groups in total. The lowest BCUT2D eigenvalue weighted by Crippen LogP contribution is -2.13. The molecule has 0 bridgehead atoms. The Labute approximate surface area is 88.6 Å². The molecule has 0 aromatic heterocycles. The molecule has 15 heavy (non-hydrogen) atoms. The lowest BCUT2D eigenvalue weighted by molar-refractivity contribution is -0.385. The fourth-order valence-electron chi connectivity index (χ4n) is 1.59. The van der Waals surface area contributed by atoms with Crippen molar-refractivity contribution in [2.24, 2.45) is 0 Å². The van der Waals surface area contributed by atoms with Gasteiger partial charge in [-0.05, 0) is 12.5 Å². The van der Waals surface area contributed by atoms with Crippen molar-refractivity contribution in [2.75, 3.05) is 24.7 Å². The average molecular weight is 209 g/mol. The second kappa shape index (κ2) is 4.16. The Morgan fingerprint density at radius 3 is 2.47 bits per heavy atom. The number of rotatable bonds is 3. The fourth-order valence-corrected chi connectivity index (χ4v) is 1.59. The van der Waals surface area contributed by atoms with Crippen molar-refractivity contribution in [2.45, 2.75) is 13.3 Å². The van der Waals surface area contributed by atoms with E-state index in [0.717, 1.165) is 11.3 Å². The highest BCUT2D eigenvalue weighted by Crippen LogP contribution is 2.31. The zero-order valence-electron chi connectivity index (χ0n) is 9.15. The Balaban J connectivity index is 3.45. The first-order valence-corrected chi connectivity index (χ1v) is 4.71. The monoisotopic (exact) mass is 209 g/mol. The highest BCUT2D eigenvalue weighted by molar-refractivity contribution is 5.68. The van der Waals surface area contributed by atoms with Crippen LogP contribution in [0.2, 0.25) is 0 Å². The van der Waals surface area contributed by atoms with Crippen molar-refractivity contribution in [3.05, 3.63) is 27.8 Å². The van der Waals surface area contributed by atoms with Crippen LogP contribution in [0.15, 0.2) is 12.1 Å². The smallest absolute Gasteiger partial charge is 0.276 e. The molecule has 0 unspecified atom stereocenters. The van der Waals surface area contributed by atoms with Gasteiger partial charge < -0.3 is 10.6 Å². The van der Waals surface area contributed by atoms with Crippen LogP contribution in [-0.4, -0.2) is 19.0 Å². The molecule has 82 valence electrons. The highest BCUT2D eigenvalue weighted by Gasteiger charge is 2.18. The van der Waals surface area contributed by atoms with Crippen LogP contribution in [0.25, 0.3) is 0 Å². The molecule has 0 heterocycles. The van der Waals surface area contributed by atoms with Gasteiger partial charge >= 0.3 is 0 Å². The molecule has 0 atom stereocenters. The summed E-state index contributed by atoms with van der Waals surface area (Å²) in [6, 6.07) is 3.16. The van der Waals surface area contributed by atoms with Crippen molar-refractivity contribution >= 4 is 17.1 Å². The van der Waals surface area contributed by atoms with Gasteiger partial charge in [0, 0.05) is 31.5 Å². The molecular weight excluding hydrogens is 194 g/mol. The number of nitro benzene ring substituents is 1. The van der Waals surface area contributed by atoms with Crippen LogP contribution >= 0.6 is 0 Å². The van der Waals surface area contributed by atoms with Crippen molar-refractivity contribution in [3.8, 4) is 0 Å². The second-order valence-electron chi connectivity index (χ2n) is 3.54. The van der Waals surface area contributed by atoms with Gasteiger partial charge in [-0.25, -0.2) is 0 Å². The van der Waals surface area contributed by atoms with E-state index in [-0.39, 0.29) is 10.6 Å². The molecule has 0 aliphatic carbocycles. The lowest BCUT2D eigenvalue weighted by atomic mass is 10.1. The first kappa shape index (κ1) is 11.3. The van der Waals surface area contributed by atoms with Gasteiger partial charge in [0.15, 0.2) is 0 Å². The lowest BCUT2D eigenvalue weighted by Gasteiger charge is -2.17. The van der Waals surface area contributed by atoms with Crippen LogP contribution in [0.3, 0.4) is 0 Å². The molecule has 0 aliphatic rings. The van der Waals surface area contributed by atoms with Gasteiger partial charge in [-0.3, -0.25) is 10.1 Å². The summed E-state index contributed by atoms with van der Waals surface area (Å²) in [5, 5.41) is 10.8. The molecule has 1 aromatic rings. The molecule has 5 nitrogen and oxygen atoms in total. The van der Waals surface area contributed by atoms with Gasteiger partial charge in [-0.15, -0.1) is 0 Å². The number of nitro groups is 1. The molecule has 0 aliphatic heterocycles. The normalized spacial score (nSPS) is 10.1. The number of benzene rings is 1. The third kappa shape index (κ3) is 2.18. The van der Waals surface area contributed by atoms with Gasteiger partial charge in [0.05, 0.1) is 10.5 Å². The molecule has 0 spiro atoms. The van der Waals surface area contributed by atoms with Crippen molar-refractivity contribution in [1.29, 1.82) is 0 Å². The molecular formula is C10H15N3O2. The third-order valence-electron chi connectivity index (χ3n) is 2.26. The molecule has 1 aromatic carbocycles.